The zero-order chi connectivity index (χ0) is 24.9. The lowest BCUT2D eigenvalue weighted by molar-refractivity contribution is 0.0941. The summed E-state index contributed by atoms with van der Waals surface area (Å²) < 4.78 is 3.11. The van der Waals surface area contributed by atoms with E-state index in [4.69, 9.17) is 23.2 Å². The van der Waals surface area contributed by atoms with Crippen molar-refractivity contribution in [3.63, 3.8) is 0 Å². The molecule has 0 aliphatic carbocycles. The van der Waals surface area contributed by atoms with Gasteiger partial charge >= 0.3 is 0 Å². The Balaban J connectivity index is 0.000000156. The minimum absolute atomic E-state index is 0.0427. The summed E-state index contributed by atoms with van der Waals surface area (Å²) in [6.07, 6.45) is 7.17. The molecule has 5 nitrogen and oxygen atoms in total. The van der Waals surface area contributed by atoms with Crippen LogP contribution < -0.4 is 0 Å². The summed E-state index contributed by atoms with van der Waals surface area (Å²) in [5.41, 5.74) is 3.83. The number of carbonyl (C=O) groups is 1. The number of H-pyrrole nitrogens is 1. The van der Waals surface area contributed by atoms with Crippen LogP contribution in [0.25, 0.3) is 42.9 Å². The average molecular weight is 542 g/mol. The Morgan fingerprint density at radius 3 is 2.00 bits per heavy atom. The first-order chi connectivity index (χ1) is 17.0. The molecule has 9 heteroatoms. The van der Waals surface area contributed by atoms with E-state index in [1.54, 1.807) is 28.3 Å². The van der Waals surface area contributed by atoms with E-state index in [0.29, 0.717) is 5.65 Å². The van der Waals surface area contributed by atoms with Crippen molar-refractivity contribution in [2.24, 2.45) is 0 Å². The minimum atomic E-state index is -0.0427. The standard InChI is InChI=1S/C13H9ClN2OS.C11H7ClN2S.C2H6/c1-8(17)16-7-5-10-9(4-6-15-13(10)16)11-2-3-12(14)18-11;12-10-2-1-9(15-10)7-3-5-13-11-8(7)4-6-14-11;1-2/h2-7H,1H3;1-6H,(H,13,14);1-2H3. The van der Waals surface area contributed by atoms with Crippen LogP contribution in [0.3, 0.4) is 0 Å². The zero-order valence-electron chi connectivity index (χ0n) is 19.3. The van der Waals surface area contributed by atoms with Crippen molar-refractivity contribution in [1.82, 2.24) is 19.5 Å². The van der Waals surface area contributed by atoms with Crippen molar-refractivity contribution in [2.45, 2.75) is 20.8 Å². The number of thiophene rings is 2. The number of pyridine rings is 2. The molecule has 6 heterocycles. The highest BCUT2D eigenvalue weighted by atomic mass is 35.5. The van der Waals surface area contributed by atoms with E-state index in [2.05, 4.69) is 15.0 Å². The molecule has 0 aromatic carbocycles. The smallest absolute Gasteiger partial charge is 0.229 e. The third-order valence-corrected chi connectivity index (χ3v) is 7.59. The SMILES string of the molecule is CC.CC(=O)n1ccc2c(-c3ccc(Cl)s3)ccnc21.Clc1ccc(-c2ccnc3[nH]ccc23)s1. The van der Waals surface area contributed by atoms with E-state index in [0.717, 1.165) is 35.5 Å². The fourth-order valence-electron chi connectivity index (χ4n) is 3.60. The van der Waals surface area contributed by atoms with Gasteiger partial charge in [0.1, 0.15) is 11.3 Å². The van der Waals surface area contributed by atoms with E-state index in [1.807, 2.05) is 74.8 Å². The highest BCUT2D eigenvalue weighted by Crippen LogP contribution is 2.36. The Morgan fingerprint density at radius 2 is 1.43 bits per heavy atom. The summed E-state index contributed by atoms with van der Waals surface area (Å²) in [4.78, 5) is 25.3. The van der Waals surface area contributed by atoms with Crippen LogP contribution in [0, 0.1) is 0 Å². The van der Waals surface area contributed by atoms with Gasteiger partial charge in [-0.05, 0) is 48.5 Å². The topological polar surface area (TPSA) is 63.6 Å². The number of hydrogen-bond donors (Lipinski definition) is 1. The normalized spacial score (nSPS) is 10.5. The van der Waals surface area contributed by atoms with Gasteiger partial charge in [0.2, 0.25) is 5.91 Å². The molecular formula is C26H22Cl2N4OS2. The van der Waals surface area contributed by atoms with Gasteiger partial charge in [0, 0.05) is 63.4 Å². The van der Waals surface area contributed by atoms with E-state index >= 15 is 0 Å². The predicted octanol–water partition coefficient (Wildman–Crippen LogP) is 9.05. The number of aromatic amines is 1. The number of rotatable bonds is 2. The maximum absolute atomic E-state index is 11.5. The molecule has 1 N–H and O–H groups in total. The second kappa shape index (κ2) is 11.2. The molecule has 0 unspecified atom stereocenters. The van der Waals surface area contributed by atoms with Gasteiger partial charge in [-0.3, -0.25) is 9.36 Å². The first-order valence-corrected chi connectivity index (χ1v) is 13.3. The molecule has 6 rings (SSSR count). The molecule has 0 bridgehead atoms. The molecule has 0 spiro atoms. The van der Waals surface area contributed by atoms with E-state index < -0.39 is 0 Å². The van der Waals surface area contributed by atoms with Crippen molar-refractivity contribution in [3.8, 4) is 20.9 Å². The van der Waals surface area contributed by atoms with Gasteiger partial charge in [-0.1, -0.05) is 37.0 Å². The molecule has 35 heavy (non-hydrogen) atoms. The summed E-state index contributed by atoms with van der Waals surface area (Å²) in [5, 5.41) is 2.10. The molecule has 0 amide bonds. The van der Waals surface area contributed by atoms with E-state index in [1.165, 1.54) is 28.7 Å². The Bertz CT molecular complexity index is 1600. The summed E-state index contributed by atoms with van der Waals surface area (Å²) in [6, 6.07) is 15.7. The third-order valence-electron chi connectivity index (χ3n) is 5.06. The second-order valence-electron chi connectivity index (χ2n) is 7.11. The zero-order valence-corrected chi connectivity index (χ0v) is 22.4. The number of hydrogen-bond acceptors (Lipinski definition) is 5. The number of nitrogens with one attached hydrogen (secondary N) is 1. The molecule has 6 aromatic heterocycles. The molecule has 0 aliphatic heterocycles. The van der Waals surface area contributed by atoms with E-state index in [9.17, 15) is 4.79 Å². The molecule has 178 valence electrons. The van der Waals surface area contributed by atoms with Gasteiger partial charge in [-0.25, -0.2) is 9.97 Å². The number of fused-ring (bicyclic) bond motifs is 2. The van der Waals surface area contributed by atoms with Crippen molar-refractivity contribution in [1.29, 1.82) is 0 Å². The first kappa shape index (κ1) is 25.1. The summed E-state index contributed by atoms with van der Waals surface area (Å²) >= 11 is 15.0. The van der Waals surface area contributed by atoms with Gasteiger partial charge < -0.3 is 4.98 Å². The quantitative estimate of drug-likeness (QED) is 0.238. The van der Waals surface area contributed by atoms with Crippen LogP contribution in [0.4, 0.5) is 0 Å². The Morgan fingerprint density at radius 1 is 0.829 bits per heavy atom. The van der Waals surface area contributed by atoms with Gasteiger partial charge in [0.25, 0.3) is 0 Å². The maximum Gasteiger partial charge on any atom is 0.229 e. The lowest BCUT2D eigenvalue weighted by Gasteiger charge is -2.01. The largest absolute Gasteiger partial charge is 0.346 e. The highest BCUT2D eigenvalue weighted by Gasteiger charge is 2.12. The first-order valence-electron chi connectivity index (χ1n) is 10.9. The monoisotopic (exact) mass is 540 g/mol. The second-order valence-corrected chi connectivity index (χ2v) is 10.5. The molecule has 6 aromatic rings. The molecule has 0 fully saturated rings. The van der Waals surface area contributed by atoms with Gasteiger partial charge in [-0.15, -0.1) is 22.7 Å². The molecular weight excluding hydrogens is 519 g/mol. The third kappa shape index (κ3) is 5.33. The Hall–Kier alpha value is -2.97. The van der Waals surface area contributed by atoms with Crippen LogP contribution in [0.1, 0.15) is 25.6 Å². The molecule has 0 radical (unpaired) electrons. The fraction of sp³-hybridized carbons (Fsp3) is 0.115. The lowest BCUT2D eigenvalue weighted by atomic mass is 10.1. The highest BCUT2D eigenvalue weighted by molar-refractivity contribution is 7.19. The molecule has 0 aliphatic rings. The van der Waals surface area contributed by atoms with Crippen LogP contribution in [-0.2, 0) is 0 Å². The minimum Gasteiger partial charge on any atom is -0.346 e. The average Bonchev–Trinajstić information content (AvgIpc) is 3.66. The fourth-order valence-corrected chi connectivity index (χ4v) is 5.77. The lowest BCUT2D eigenvalue weighted by Crippen LogP contribution is -2.04. The van der Waals surface area contributed by atoms with Crippen molar-refractivity contribution in [2.75, 3.05) is 0 Å². The van der Waals surface area contributed by atoms with Gasteiger partial charge in [0.15, 0.2) is 0 Å². The maximum atomic E-state index is 11.5. The summed E-state index contributed by atoms with van der Waals surface area (Å²) in [5.74, 6) is -0.0427. The Kier molecular flexibility index (Phi) is 8.03. The van der Waals surface area contributed by atoms with Crippen molar-refractivity contribution in [3.05, 3.63) is 82.0 Å². The van der Waals surface area contributed by atoms with Crippen LogP contribution in [0.2, 0.25) is 8.67 Å². The number of halogens is 2. The van der Waals surface area contributed by atoms with Crippen LogP contribution in [0.15, 0.2) is 73.3 Å². The van der Waals surface area contributed by atoms with Crippen LogP contribution in [0.5, 0.6) is 0 Å². The molecule has 0 saturated carbocycles. The van der Waals surface area contributed by atoms with Crippen LogP contribution in [-0.4, -0.2) is 25.4 Å². The Labute approximate surface area is 221 Å². The molecule has 0 saturated heterocycles. The van der Waals surface area contributed by atoms with Gasteiger partial charge in [0.05, 0.1) is 8.67 Å². The van der Waals surface area contributed by atoms with E-state index in [-0.39, 0.29) is 5.91 Å². The predicted molar refractivity (Wildman–Crippen MR) is 150 cm³/mol. The van der Waals surface area contributed by atoms with Crippen molar-refractivity contribution >= 4 is 73.8 Å². The number of aromatic nitrogens is 4. The van der Waals surface area contributed by atoms with Crippen LogP contribution >= 0.6 is 45.9 Å². The van der Waals surface area contributed by atoms with Gasteiger partial charge in [-0.2, -0.15) is 0 Å². The number of nitrogens with zero attached hydrogens (tertiary/aromatic N) is 3. The summed E-state index contributed by atoms with van der Waals surface area (Å²) in [6.45, 7) is 5.52. The molecule has 0 atom stereocenters. The number of carbonyl (C=O) groups excluding carboxylic acids is 1. The van der Waals surface area contributed by atoms with Crippen molar-refractivity contribution < 1.29 is 4.79 Å². The summed E-state index contributed by atoms with van der Waals surface area (Å²) in [7, 11) is 0.